The van der Waals surface area contributed by atoms with Gasteiger partial charge in [-0.3, -0.25) is 10.2 Å². The van der Waals surface area contributed by atoms with Crippen LogP contribution < -0.4 is 10.2 Å². The van der Waals surface area contributed by atoms with Gasteiger partial charge in [0, 0.05) is 51.0 Å². The lowest BCUT2D eigenvalue weighted by atomic mass is 9.93. The molecular formula is C27H34F3N5O3. The Hall–Kier alpha value is -2.60. The molecule has 2 aliphatic heterocycles. The predicted octanol–water partition coefficient (Wildman–Crippen LogP) is 3.24. The molecule has 0 spiro atoms. The second-order valence-corrected chi connectivity index (χ2v) is 10.5. The average molecular weight is 534 g/mol. The molecule has 2 aromatic rings. The number of hydrogen-bond acceptors (Lipinski definition) is 8. The standard InChI is InChI=1S/C27H34F3N5O3/c1-17-14-22(37)24-23(17)26(32-16-31-24)35-10-8-34(9-11-35)25(33-20-6-12-38-13-7-20)21(15-36)18-2-4-19(5-3-18)27(28,29)30/h2-5,15-17,20-22,25,33,37H,6-14H2,1H3/t17-,21?,22+,25?/m1/s1. The summed E-state index contributed by atoms with van der Waals surface area (Å²) in [4.78, 5) is 25.7. The lowest BCUT2D eigenvalue weighted by molar-refractivity contribution is -0.137. The van der Waals surface area contributed by atoms with E-state index in [4.69, 9.17) is 4.74 Å². The van der Waals surface area contributed by atoms with Crippen molar-refractivity contribution in [2.45, 2.75) is 62.5 Å². The van der Waals surface area contributed by atoms with Crippen LogP contribution in [0.3, 0.4) is 0 Å². The van der Waals surface area contributed by atoms with E-state index in [0.717, 1.165) is 42.6 Å². The van der Waals surface area contributed by atoms with E-state index in [1.165, 1.54) is 18.5 Å². The zero-order chi connectivity index (χ0) is 26.9. The number of ether oxygens (including phenoxy) is 1. The molecule has 0 amide bonds. The zero-order valence-electron chi connectivity index (χ0n) is 21.4. The van der Waals surface area contributed by atoms with Crippen molar-refractivity contribution in [2.75, 3.05) is 44.3 Å². The Kier molecular flexibility index (Phi) is 7.99. The van der Waals surface area contributed by atoms with Gasteiger partial charge in [-0.15, -0.1) is 0 Å². The van der Waals surface area contributed by atoms with E-state index in [-0.39, 0.29) is 18.1 Å². The van der Waals surface area contributed by atoms with Gasteiger partial charge in [0.1, 0.15) is 18.4 Å². The maximum atomic E-state index is 13.1. The van der Waals surface area contributed by atoms with Gasteiger partial charge in [0.2, 0.25) is 0 Å². The van der Waals surface area contributed by atoms with Crippen LogP contribution in [0, 0.1) is 0 Å². The van der Waals surface area contributed by atoms with Crippen molar-refractivity contribution < 1.29 is 27.8 Å². The number of carbonyl (C=O) groups excluding carboxylic acids is 1. The topological polar surface area (TPSA) is 90.8 Å². The molecule has 11 heteroatoms. The Balaban J connectivity index is 1.36. The molecule has 0 saturated carbocycles. The number of nitrogens with zero attached hydrogens (tertiary/aromatic N) is 4. The number of aromatic nitrogens is 2. The molecule has 3 aliphatic rings. The van der Waals surface area contributed by atoms with E-state index < -0.39 is 23.8 Å². The molecule has 38 heavy (non-hydrogen) atoms. The minimum atomic E-state index is -4.43. The summed E-state index contributed by atoms with van der Waals surface area (Å²) in [7, 11) is 0. The molecule has 2 saturated heterocycles. The monoisotopic (exact) mass is 533 g/mol. The summed E-state index contributed by atoms with van der Waals surface area (Å²) in [6.45, 7) is 5.95. The van der Waals surface area contributed by atoms with Crippen LogP contribution in [0.25, 0.3) is 0 Å². The van der Waals surface area contributed by atoms with E-state index in [1.54, 1.807) is 0 Å². The number of nitrogens with one attached hydrogen (secondary N) is 1. The number of carbonyl (C=O) groups is 1. The minimum Gasteiger partial charge on any atom is -0.387 e. The van der Waals surface area contributed by atoms with E-state index in [1.807, 2.05) is 0 Å². The number of alkyl halides is 3. The molecule has 2 fully saturated rings. The maximum Gasteiger partial charge on any atom is 0.416 e. The van der Waals surface area contributed by atoms with Gasteiger partial charge in [0.05, 0.1) is 29.4 Å². The third kappa shape index (κ3) is 5.56. The highest BCUT2D eigenvalue weighted by Crippen LogP contribution is 2.43. The van der Waals surface area contributed by atoms with Gasteiger partial charge in [-0.2, -0.15) is 13.2 Å². The molecular weight excluding hydrogens is 499 g/mol. The number of hydrogen-bond donors (Lipinski definition) is 2. The van der Waals surface area contributed by atoms with Crippen LogP contribution in [-0.4, -0.2) is 77.9 Å². The molecule has 1 aromatic carbocycles. The zero-order valence-corrected chi connectivity index (χ0v) is 21.4. The smallest absolute Gasteiger partial charge is 0.387 e. The van der Waals surface area contributed by atoms with Crippen LogP contribution in [-0.2, 0) is 15.7 Å². The molecule has 2 unspecified atom stereocenters. The van der Waals surface area contributed by atoms with Crippen molar-refractivity contribution >= 4 is 12.1 Å². The molecule has 206 valence electrons. The quantitative estimate of drug-likeness (QED) is 0.525. The molecule has 2 N–H and O–H groups in total. The fraction of sp³-hybridized carbons (Fsp3) is 0.593. The minimum absolute atomic E-state index is 0.149. The van der Waals surface area contributed by atoms with Gasteiger partial charge in [0.15, 0.2) is 0 Å². The van der Waals surface area contributed by atoms with Crippen LogP contribution >= 0.6 is 0 Å². The summed E-state index contributed by atoms with van der Waals surface area (Å²) < 4.78 is 44.9. The number of piperazine rings is 1. The molecule has 4 atom stereocenters. The molecule has 3 heterocycles. The SMILES string of the molecule is C[C@@H]1C[C@H](O)c2ncnc(N3CCN(C(NC4CCOCC4)C(C=O)c4ccc(C(F)(F)F)cc4)CC3)c21. The van der Waals surface area contributed by atoms with E-state index in [2.05, 4.69) is 32.0 Å². The first-order chi connectivity index (χ1) is 18.3. The second kappa shape index (κ2) is 11.3. The number of aliphatic hydroxyl groups is 1. The number of aliphatic hydroxyl groups excluding tert-OH is 1. The maximum absolute atomic E-state index is 13.1. The average Bonchev–Trinajstić information content (AvgIpc) is 3.22. The molecule has 0 radical (unpaired) electrons. The highest BCUT2D eigenvalue weighted by Gasteiger charge is 2.37. The molecule has 1 aliphatic carbocycles. The Morgan fingerprint density at radius 3 is 2.42 bits per heavy atom. The third-order valence-electron chi connectivity index (χ3n) is 8.02. The van der Waals surface area contributed by atoms with E-state index in [0.29, 0.717) is 57.1 Å². The fourth-order valence-electron chi connectivity index (χ4n) is 5.94. The second-order valence-electron chi connectivity index (χ2n) is 10.5. The normalized spacial score (nSPS) is 24.7. The number of aldehydes is 1. The third-order valence-corrected chi connectivity index (χ3v) is 8.02. The lowest BCUT2D eigenvalue weighted by Gasteiger charge is -2.44. The molecule has 8 nitrogen and oxygen atoms in total. The number of halogens is 3. The van der Waals surface area contributed by atoms with Gasteiger partial charge >= 0.3 is 6.18 Å². The van der Waals surface area contributed by atoms with E-state index in [9.17, 15) is 23.1 Å². The van der Waals surface area contributed by atoms with Gasteiger partial charge in [-0.25, -0.2) is 9.97 Å². The van der Waals surface area contributed by atoms with E-state index >= 15 is 0 Å². The van der Waals surface area contributed by atoms with Crippen LogP contribution in [0.2, 0.25) is 0 Å². The number of benzene rings is 1. The summed E-state index contributed by atoms with van der Waals surface area (Å²) in [6.07, 6.45) is -0.785. The Morgan fingerprint density at radius 2 is 1.79 bits per heavy atom. The van der Waals surface area contributed by atoms with Crippen molar-refractivity contribution in [3.8, 4) is 0 Å². The number of fused-ring (bicyclic) bond motifs is 1. The summed E-state index contributed by atoms with van der Waals surface area (Å²) >= 11 is 0. The number of anilines is 1. The van der Waals surface area contributed by atoms with Crippen molar-refractivity contribution in [3.05, 3.63) is 53.0 Å². The summed E-state index contributed by atoms with van der Waals surface area (Å²) in [5.74, 6) is 0.378. The first-order valence-electron chi connectivity index (χ1n) is 13.2. The summed E-state index contributed by atoms with van der Waals surface area (Å²) in [5.41, 5.74) is 1.52. The highest BCUT2D eigenvalue weighted by atomic mass is 19.4. The predicted molar refractivity (Wildman–Crippen MR) is 135 cm³/mol. The van der Waals surface area contributed by atoms with Crippen molar-refractivity contribution in [1.82, 2.24) is 20.2 Å². The largest absolute Gasteiger partial charge is 0.416 e. The van der Waals surface area contributed by atoms with Crippen molar-refractivity contribution in [1.29, 1.82) is 0 Å². The molecule has 5 rings (SSSR count). The van der Waals surface area contributed by atoms with Gasteiger partial charge < -0.3 is 19.5 Å². The Morgan fingerprint density at radius 1 is 1.11 bits per heavy atom. The highest BCUT2D eigenvalue weighted by molar-refractivity contribution is 5.63. The fourth-order valence-corrected chi connectivity index (χ4v) is 5.94. The first-order valence-corrected chi connectivity index (χ1v) is 13.2. The van der Waals surface area contributed by atoms with Crippen molar-refractivity contribution in [2.24, 2.45) is 0 Å². The molecule has 1 aromatic heterocycles. The Bertz CT molecular complexity index is 1100. The van der Waals surface area contributed by atoms with Gasteiger partial charge in [0.25, 0.3) is 0 Å². The molecule has 0 bridgehead atoms. The Labute approximate surface area is 220 Å². The lowest BCUT2D eigenvalue weighted by Crippen LogP contribution is -2.59. The summed E-state index contributed by atoms with van der Waals surface area (Å²) in [6, 6.07) is 5.05. The van der Waals surface area contributed by atoms with Crippen LogP contribution in [0.15, 0.2) is 30.6 Å². The van der Waals surface area contributed by atoms with Crippen LogP contribution in [0.1, 0.15) is 66.5 Å². The number of rotatable bonds is 7. The van der Waals surface area contributed by atoms with Gasteiger partial charge in [-0.05, 0) is 42.9 Å². The van der Waals surface area contributed by atoms with Crippen LogP contribution in [0.5, 0.6) is 0 Å². The van der Waals surface area contributed by atoms with Crippen LogP contribution in [0.4, 0.5) is 19.0 Å². The first kappa shape index (κ1) is 27.0. The summed E-state index contributed by atoms with van der Waals surface area (Å²) in [5, 5.41) is 14.0. The van der Waals surface area contributed by atoms with Crippen molar-refractivity contribution in [3.63, 3.8) is 0 Å². The van der Waals surface area contributed by atoms with Gasteiger partial charge in [-0.1, -0.05) is 19.1 Å².